The van der Waals surface area contributed by atoms with E-state index < -0.39 is 6.04 Å². The summed E-state index contributed by atoms with van der Waals surface area (Å²) in [7, 11) is 2.16. The predicted molar refractivity (Wildman–Crippen MR) is 181 cm³/mol. The van der Waals surface area contributed by atoms with Gasteiger partial charge in [0.15, 0.2) is 5.78 Å². The van der Waals surface area contributed by atoms with Gasteiger partial charge in [0.25, 0.3) is 5.56 Å². The van der Waals surface area contributed by atoms with Gasteiger partial charge in [0.2, 0.25) is 5.95 Å². The van der Waals surface area contributed by atoms with Gasteiger partial charge in [-0.05, 0) is 80.0 Å². The zero-order valence-electron chi connectivity index (χ0n) is 25.2. The molecule has 2 aliphatic rings. The second kappa shape index (κ2) is 12.0. The molecule has 2 unspecified atom stereocenters. The van der Waals surface area contributed by atoms with Crippen molar-refractivity contribution < 1.29 is 4.79 Å². The van der Waals surface area contributed by atoms with Crippen molar-refractivity contribution in [1.82, 2.24) is 19.4 Å². The third-order valence-corrected chi connectivity index (χ3v) is 8.65. The van der Waals surface area contributed by atoms with Crippen molar-refractivity contribution in [2.24, 2.45) is 0 Å². The number of pyridine rings is 1. The first kappa shape index (κ1) is 28.5. The van der Waals surface area contributed by atoms with Crippen LogP contribution in [0.1, 0.15) is 40.4 Å². The monoisotopic (exact) mass is 597 g/mol. The van der Waals surface area contributed by atoms with E-state index in [9.17, 15) is 9.59 Å². The van der Waals surface area contributed by atoms with Crippen LogP contribution >= 0.6 is 0 Å². The molecule has 3 N–H and O–H groups in total. The van der Waals surface area contributed by atoms with Gasteiger partial charge in [-0.2, -0.15) is 4.98 Å². The lowest BCUT2D eigenvalue weighted by molar-refractivity contribution is 0.0927. The molecule has 0 amide bonds. The lowest BCUT2D eigenvalue weighted by Crippen LogP contribution is -2.39. The molecule has 3 aromatic carbocycles. The van der Waals surface area contributed by atoms with E-state index >= 15 is 0 Å². The van der Waals surface area contributed by atoms with Crippen molar-refractivity contribution in [2.45, 2.75) is 24.9 Å². The Morgan fingerprint density at radius 1 is 0.978 bits per heavy atom. The van der Waals surface area contributed by atoms with E-state index in [2.05, 4.69) is 39.5 Å². The van der Waals surface area contributed by atoms with E-state index in [0.29, 0.717) is 39.7 Å². The summed E-state index contributed by atoms with van der Waals surface area (Å²) in [6.45, 7) is 6.67. The number of aromatic nitrogens is 3. The molecule has 4 heterocycles. The maximum Gasteiger partial charge on any atom is 0.260 e. The summed E-state index contributed by atoms with van der Waals surface area (Å²) in [5, 5.41) is 10.9. The average Bonchev–Trinajstić information content (AvgIpc) is 3.06. The minimum absolute atomic E-state index is 0.143. The number of ketones is 1. The second-order valence-corrected chi connectivity index (χ2v) is 11.8. The normalized spacial score (nSPS) is 18.2. The van der Waals surface area contributed by atoms with Gasteiger partial charge in [-0.3, -0.25) is 14.2 Å². The number of carbonyl (C=O) groups is 1. The molecule has 45 heavy (non-hydrogen) atoms. The molecule has 7 rings (SSSR count). The summed E-state index contributed by atoms with van der Waals surface area (Å²) in [5.74, 6) is 0.187. The van der Waals surface area contributed by atoms with E-state index in [1.807, 2.05) is 72.8 Å². The standard InChI is InChI=1S/C36H35N7O2/c1-23(24-9-4-3-5-10-24)30-19-25-20-38-36(40-27-16-14-26(15-17-27)39-28-11-8-18-42(2)22-28)41-34(25)43(35(30)45)32-21-37-31-13-7-6-12-29(31)33(32)44/h3-7,9-10,12-17,19-20,28,32,37,39H,1,8,11,18,21-22H2,2H3,(H,38,40,41). The molecule has 2 aromatic heterocycles. The van der Waals surface area contributed by atoms with E-state index in [0.717, 1.165) is 42.1 Å². The summed E-state index contributed by atoms with van der Waals surface area (Å²) >= 11 is 0. The molecule has 1 fully saturated rings. The van der Waals surface area contributed by atoms with Crippen LogP contribution in [0.25, 0.3) is 16.6 Å². The number of likely N-dealkylation sites (N-methyl/N-ethyl adjacent to an activating group) is 1. The van der Waals surface area contributed by atoms with Gasteiger partial charge in [0.1, 0.15) is 11.7 Å². The fourth-order valence-electron chi connectivity index (χ4n) is 6.32. The van der Waals surface area contributed by atoms with Crippen molar-refractivity contribution in [3.8, 4) is 0 Å². The van der Waals surface area contributed by atoms with Crippen molar-refractivity contribution in [3.05, 3.63) is 125 Å². The Morgan fingerprint density at radius 3 is 2.53 bits per heavy atom. The third-order valence-electron chi connectivity index (χ3n) is 8.65. The van der Waals surface area contributed by atoms with Crippen LogP contribution in [0.3, 0.4) is 0 Å². The number of rotatable bonds is 7. The summed E-state index contributed by atoms with van der Waals surface area (Å²) in [4.78, 5) is 39.9. The van der Waals surface area contributed by atoms with E-state index in [1.165, 1.54) is 11.0 Å². The van der Waals surface area contributed by atoms with Crippen LogP contribution in [0.5, 0.6) is 0 Å². The number of likely N-dealkylation sites (tertiary alicyclic amines) is 1. The van der Waals surface area contributed by atoms with Gasteiger partial charge in [-0.15, -0.1) is 0 Å². The minimum atomic E-state index is -0.801. The fourth-order valence-corrected chi connectivity index (χ4v) is 6.32. The highest BCUT2D eigenvalue weighted by Crippen LogP contribution is 2.30. The number of anilines is 4. The van der Waals surface area contributed by atoms with Crippen LogP contribution in [0.4, 0.5) is 23.0 Å². The smallest absolute Gasteiger partial charge is 0.260 e. The van der Waals surface area contributed by atoms with Crippen LogP contribution in [0.2, 0.25) is 0 Å². The molecule has 226 valence electrons. The van der Waals surface area contributed by atoms with Gasteiger partial charge >= 0.3 is 0 Å². The molecule has 0 saturated carbocycles. The van der Waals surface area contributed by atoms with Crippen LogP contribution in [0.15, 0.2) is 102 Å². The van der Waals surface area contributed by atoms with Gasteiger partial charge in [-0.25, -0.2) is 4.98 Å². The highest BCUT2D eigenvalue weighted by atomic mass is 16.1. The molecule has 2 atom stereocenters. The highest BCUT2D eigenvalue weighted by molar-refractivity contribution is 6.06. The number of piperidine rings is 1. The number of Topliss-reactive ketones (excluding diaryl/α,β-unsaturated/α-hetero) is 1. The van der Waals surface area contributed by atoms with Crippen LogP contribution in [0, 0.1) is 0 Å². The van der Waals surface area contributed by atoms with E-state index in [1.54, 1.807) is 18.3 Å². The first-order valence-corrected chi connectivity index (χ1v) is 15.3. The second-order valence-electron chi connectivity index (χ2n) is 11.8. The maximum atomic E-state index is 14.3. The topological polar surface area (TPSA) is 104 Å². The molecule has 5 aromatic rings. The zero-order valence-corrected chi connectivity index (χ0v) is 25.2. The van der Waals surface area contributed by atoms with Gasteiger partial charge in [0.05, 0.1) is 0 Å². The first-order chi connectivity index (χ1) is 21.9. The van der Waals surface area contributed by atoms with Gasteiger partial charge < -0.3 is 20.9 Å². The molecule has 2 aliphatic heterocycles. The minimum Gasteiger partial charge on any atom is -0.382 e. The van der Waals surface area contributed by atoms with E-state index in [-0.39, 0.29) is 17.9 Å². The Labute approximate surface area is 261 Å². The SMILES string of the molecule is C=C(c1ccccc1)c1cc2cnc(Nc3ccc(NC4CCCN(C)C4)cc3)nc2n(C2CNc3ccccc3C2=O)c1=O. The molecular formula is C36H35N7O2. The van der Waals surface area contributed by atoms with Crippen LogP contribution in [-0.2, 0) is 0 Å². The molecule has 0 bridgehead atoms. The number of hydrogen-bond acceptors (Lipinski definition) is 8. The summed E-state index contributed by atoms with van der Waals surface area (Å²) in [6, 6.07) is 26.4. The van der Waals surface area contributed by atoms with Crippen LogP contribution < -0.4 is 21.5 Å². The van der Waals surface area contributed by atoms with Crippen molar-refractivity contribution in [3.63, 3.8) is 0 Å². The summed E-state index contributed by atoms with van der Waals surface area (Å²) in [5.41, 5.74) is 5.02. The van der Waals surface area contributed by atoms with Gasteiger partial charge in [0, 0.05) is 58.9 Å². The Morgan fingerprint density at radius 2 is 1.73 bits per heavy atom. The number of nitrogens with one attached hydrogen (secondary N) is 3. The number of fused-ring (bicyclic) bond motifs is 2. The fraction of sp³-hybridized carbons (Fsp3) is 0.222. The van der Waals surface area contributed by atoms with Crippen molar-refractivity contribution in [2.75, 3.05) is 42.6 Å². The Bertz CT molecular complexity index is 1950. The zero-order chi connectivity index (χ0) is 30.9. The highest BCUT2D eigenvalue weighted by Gasteiger charge is 2.32. The number of para-hydroxylation sites is 1. The largest absolute Gasteiger partial charge is 0.382 e. The molecule has 0 spiro atoms. The number of hydrogen-bond donors (Lipinski definition) is 3. The third kappa shape index (κ3) is 5.70. The molecule has 1 saturated heterocycles. The lowest BCUT2D eigenvalue weighted by Gasteiger charge is -2.30. The van der Waals surface area contributed by atoms with Crippen LogP contribution in [-0.4, -0.2) is 57.9 Å². The van der Waals surface area contributed by atoms with Gasteiger partial charge in [-0.1, -0.05) is 49.0 Å². The molecule has 0 radical (unpaired) electrons. The number of nitrogens with zero attached hydrogens (tertiary/aromatic N) is 4. The Hall–Kier alpha value is -5.28. The lowest BCUT2D eigenvalue weighted by atomic mass is 9.96. The number of benzene rings is 3. The maximum absolute atomic E-state index is 14.3. The molecule has 9 nitrogen and oxygen atoms in total. The van der Waals surface area contributed by atoms with E-state index in [4.69, 9.17) is 4.98 Å². The molecule has 0 aliphatic carbocycles. The summed E-state index contributed by atoms with van der Waals surface area (Å²) < 4.78 is 1.51. The first-order valence-electron chi connectivity index (χ1n) is 15.3. The summed E-state index contributed by atoms with van der Waals surface area (Å²) in [6.07, 6.45) is 4.03. The quantitative estimate of drug-likeness (QED) is 0.211. The molecular weight excluding hydrogens is 562 g/mol. The van der Waals surface area contributed by atoms with Crippen molar-refractivity contribution in [1.29, 1.82) is 0 Å². The average molecular weight is 598 g/mol. The Kier molecular flexibility index (Phi) is 7.61. The molecule has 9 heteroatoms. The van der Waals surface area contributed by atoms with Crippen molar-refractivity contribution >= 4 is 45.4 Å². The number of carbonyl (C=O) groups excluding carboxylic acids is 1. The predicted octanol–water partition coefficient (Wildman–Crippen LogP) is 5.95. The Balaban J connectivity index is 1.25.